The van der Waals surface area contributed by atoms with Gasteiger partial charge in [0.15, 0.2) is 11.5 Å². The van der Waals surface area contributed by atoms with E-state index < -0.39 is 0 Å². The summed E-state index contributed by atoms with van der Waals surface area (Å²) in [5, 5.41) is 9.35. The fourth-order valence-electron chi connectivity index (χ4n) is 1.72. The number of hydrogen-bond donors (Lipinski definition) is 1. The maximum atomic E-state index is 9.35. The smallest absolute Gasteiger partial charge is 0.161 e. The molecule has 1 aromatic carbocycles. The lowest BCUT2D eigenvalue weighted by Crippen LogP contribution is -2.00. The second-order valence-electron chi connectivity index (χ2n) is 4.79. The summed E-state index contributed by atoms with van der Waals surface area (Å²) in [6, 6.07) is 5.81. The lowest BCUT2D eigenvalue weighted by atomic mass is 10.0. The highest BCUT2D eigenvalue weighted by Gasteiger charge is 2.06. The molecule has 0 fully saturated rings. The van der Waals surface area contributed by atoms with E-state index in [0.717, 1.165) is 29.1 Å². The van der Waals surface area contributed by atoms with Crippen LogP contribution in [0.5, 0.6) is 11.5 Å². The molecule has 3 nitrogen and oxygen atoms in total. The average Bonchev–Trinajstić information content (AvgIpc) is 2.42. The standard InChI is InChI=1S/C16H24O3/c1-5-8-19-16-10-13(6-7-15(16)18-4)9-14(11-17)12(2)3/h6-7,9-10,12,17H,5,8,11H2,1-4H3. The van der Waals surface area contributed by atoms with E-state index >= 15 is 0 Å². The highest BCUT2D eigenvalue weighted by molar-refractivity contribution is 5.58. The average molecular weight is 264 g/mol. The molecular weight excluding hydrogens is 240 g/mol. The summed E-state index contributed by atoms with van der Waals surface area (Å²) in [6.45, 7) is 6.95. The van der Waals surface area contributed by atoms with E-state index in [4.69, 9.17) is 9.47 Å². The third-order valence-corrected chi connectivity index (χ3v) is 2.93. The van der Waals surface area contributed by atoms with Gasteiger partial charge in [0.2, 0.25) is 0 Å². The zero-order chi connectivity index (χ0) is 14.3. The molecule has 0 aromatic heterocycles. The summed E-state index contributed by atoms with van der Waals surface area (Å²) >= 11 is 0. The molecule has 0 aliphatic rings. The Balaban J connectivity index is 3.03. The maximum Gasteiger partial charge on any atom is 0.161 e. The SMILES string of the molecule is CCCOc1cc(C=C(CO)C(C)C)ccc1OC. The molecule has 1 N–H and O–H groups in total. The van der Waals surface area contributed by atoms with Gasteiger partial charge in [-0.05, 0) is 35.6 Å². The van der Waals surface area contributed by atoms with Crippen molar-refractivity contribution in [2.24, 2.45) is 5.92 Å². The van der Waals surface area contributed by atoms with Crippen molar-refractivity contribution in [1.29, 1.82) is 0 Å². The first-order valence-corrected chi connectivity index (χ1v) is 6.74. The van der Waals surface area contributed by atoms with Crippen LogP contribution in [0.2, 0.25) is 0 Å². The third kappa shape index (κ3) is 4.60. The Hall–Kier alpha value is -1.48. The van der Waals surface area contributed by atoms with Crippen LogP contribution in [0.1, 0.15) is 32.8 Å². The molecule has 3 heteroatoms. The van der Waals surface area contributed by atoms with Crippen LogP contribution in [0.4, 0.5) is 0 Å². The number of rotatable bonds is 7. The molecule has 1 aromatic rings. The molecule has 1 rings (SSSR count). The summed E-state index contributed by atoms with van der Waals surface area (Å²) in [5.41, 5.74) is 2.02. The number of aliphatic hydroxyl groups is 1. The van der Waals surface area contributed by atoms with Crippen molar-refractivity contribution in [3.63, 3.8) is 0 Å². The first kappa shape index (κ1) is 15.6. The van der Waals surface area contributed by atoms with E-state index in [1.165, 1.54) is 0 Å². The Labute approximate surface area is 115 Å². The van der Waals surface area contributed by atoms with Gasteiger partial charge in [0, 0.05) is 0 Å². The fraction of sp³-hybridized carbons (Fsp3) is 0.500. The number of benzene rings is 1. The van der Waals surface area contributed by atoms with E-state index in [1.54, 1.807) is 7.11 Å². The third-order valence-electron chi connectivity index (χ3n) is 2.93. The number of hydrogen-bond acceptors (Lipinski definition) is 3. The molecule has 0 saturated carbocycles. The number of methoxy groups -OCH3 is 1. The van der Waals surface area contributed by atoms with E-state index in [1.807, 2.05) is 24.3 Å². The van der Waals surface area contributed by atoms with E-state index in [9.17, 15) is 5.11 Å². The van der Waals surface area contributed by atoms with Gasteiger partial charge in [-0.15, -0.1) is 0 Å². The minimum Gasteiger partial charge on any atom is -0.493 e. The molecule has 0 aliphatic heterocycles. The van der Waals surface area contributed by atoms with Gasteiger partial charge in [0.1, 0.15) is 0 Å². The molecule has 0 unspecified atom stereocenters. The van der Waals surface area contributed by atoms with Crippen molar-refractivity contribution < 1.29 is 14.6 Å². The lowest BCUT2D eigenvalue weighted by molar-refractivity contribution is 0.294. The molecule has 106 valence electrons. The van der Waals surface area contributed by atoms with Crippen LogP contribution in [0.15, 0.2) is 23.8 Å². The van der Waals surface area contributed by atoms with Crippen molar-refractivity contribution in [3.05, 3.63) is 29.3 Å². The Kier molecular flexibility index (Phi) is 6.43. The Morgan fingerprint density at radius 2 is 2.05 bits per heavy atom. The van der Waals surface area contributed by atoms with Crippen molar-refractivity contribution in [1.82, 2.24) is 0 Å². The Bertz CT molecular complexity index is 422. The Morgan fingerprint density at radius 3 is 2.58 bits per heavy atom. The number of ether oxygens (including phenoxy) is 2. The van der Waals surface area contributed by atoms with E-state index in [-0.39, 0.29) is 6.61 Å². The first-order valence-electron chi connectivity index (χ1n) is 6.74. The summed E-state index contributed by atoms with van der Waals surface area (Å²) in [4.78, 5) is 0. The summed E-state index contributed by atoms with van der Waals surface area (Å²) in [5.74, 6) is 1.81. The van der Waals surface area contributed by atoms with Crippen molar-refractivity contribution in [3.8, 4) is 11.5 Å². The highest BCUT2D eigenvalue weighted by Crippen LogP contribution is 2.29. The molecular formula is C16H24O3. The highest BCUT2D eigenvalue weighted by atomic mass is 16.5. The van der Waals surface area contributed by atoms with Crippen LogP contribution >= 0.6 is 0 Å². The number of aliphatic hydroxyl groups excluding tert-OH is 1. The zero-order valence-electron chi connectivity index (χ0n) is 12.3. The van der Waals surface area contributed by atoms with Crippen LogP contribution < -0.4 is 9.47 Å². The molecule has 0 radical (unpaired) electrons. The monoisotopic (exact) mass is 264 g/mol. The van der Waals surface area contributed by atoms with Crippen molar-refractivity contribution in [2.75, 3.05) is 20.3 Å². The molecule has 0 bridgehead atoms. The van der Waals surface area contributed by atoms with Gasteiger partial charge < -0.3 is 14.6 Å². The van der Waals surface area contributed by atoms with Crippen LogP contribution in [-0.4, -0.2) is 25.4 Å². The van der Waals surface area contributed by atoms with Crippen LogP contribution in [0, 0.1) is 5.92 Å². The largest absolute Gasteiger partial charge is 0.493 e. The maximum absolute atomic E-state index is 9.35. The van der Waals surface area contributed by atoms with Gasteiger partial charge >= 0.3 is 0 Å². The predicted molar refractivity (Wildman–Crippen MR) is 78.7 cm³/mol. The van der Waals surface area contributed by atoms with Crippen LogP contribution in [-0.2, 0) is 0 Å². The molecule has 0 amide bonds. The summed E-state index contributed by atoms with van der Waals surface area (Å²) in [7, 11) is 1.64. The normalized spacial score (nSPS) is 11.8. The van der Waals surface area contributed by atoms with Crippen LogP contribution in [0.3, 0.4) is 0 Å². The van der Waals surface area contributed by atoms with Crippen molar-refractivity contribution >= 4 is 6.08 Å². The van der Waals surface area contributed by atoms with E-state index in [0.29, 0.717) is 12.5 Å². The lowest BCUT2D eigenvalue weighted by Gasteiger charge is -2.12. The van der Waals surface area contributed by atoms with Gasteiger partial charge in [-0.1, -0.05) is 32.9 Å². The molecule has 0 saturated heterocycles. The first-order chi connectivity index (χ1) is 9.12. The summed E-state index contributed by atoms with van der Waals surface area (Å²) < 4.78 is 11.0. The predicted octanol–water partition coefficient (Wildman–Crippen LogP) is 3.52. The fourth-order valence-corrected chi connectivity index (χ4v) is 1.72. The second-order valence-corrected chi connectivity index (χ2v) is 4.79. The molecule has 0 spiro atoms. The van der Waals surface area contributed by atoms with Crippen LogP contribution in [0.25, 0.3) is 6.08 Å². The van der Waals surface area contributed by atoms with Gasteiger partial charge in [0.05, 0.1) is 20.3 Å². The molecule has 19 heavy (non-hydrogen) atoms. The van der Waals surface area contributed by atoms with Crippen molar-refractivity contribution in [2.45, 2.75) is 27.2 Å². The molecule has 0 heterocycles. The quantitative estimate of drug-likeness (QED) is 0.819. The van der Waals surface area contributed by atoms with Gasteiger partial charge in [-0.2, -0.15) is 0 Å². The minimum atomic E-state index is 0.0782. The summed E-state index contributed by atoms with van der Waals surface area (Å²) in [6.07, 6.45) is 2.96. The van der Waals surface area contributed by atoms with Gasteiger partial charge in [-0.3, -0.25) is 0 Å². The second kappa shape index (κ2) is 7.85. The van der Waals surface area contributed by atoms with Gasteiger partial charge in [-0.25, -0.2) is 0 Å². The minimum absolute atomic E-state index is 0.0782. The molecule has 0 aliphatic carbocycles. The van der Waals surface area contributed by atoms with Gasteiger partial charge in [0.25, 0.3) is 0 Å². The topological polar surface area (TPSA) is 38.7 Å². The van der Waals surface area contributed by atoms with E-state index in [2.05, 4.69) is 20.8 Å². The zero-order valence-corrected chi connectivity index (χ0v) is 12.3. The molecule has 0 atom stereocenters. The Morgan fingerprint density at radius 1 is 1.32 bits per heavy atom.